The summed E-state index contributed by atoms with van der Waals surface area (Å²) in [5, 5.41) is 12.0. The Morgan fingerprint density at radius 2 is 1.81 bits per heavy atom. The molecule has 1 aliphatic carbocycles. The van der Waals surface area contributed by atoms with Gasteiger partial charge in [-0.15, -0.1) is 0 Å². The van der Waals surface area contributed by atoms with Gasteiger partial charge in [0, 0.05) is 5.92 Å². The maximum absolute atomic E-state index is 12.0. The summed E-state index contributed by atoms with van der Waals surface area (Å²) in [6.07, 6.45) is 0. The first-order chi connectivity index (χ1) is 9.84. The van der Waals surface area contributed by atoms with Crippen molar-refractivity contribution in [3.05, 3.63) is 0 Å². The van der Waals surface area contributed by atoms with Crippen LogP contribution in [0.15, 0.2) is 0 Å². The fourth-order valence-electron chi connectivity index (χ4n) is 2.49. The summed E-state index contributed by atoms with van der Waals surface area (Å²) in [5.41, 5.74) is 5.27. The minimum absolute atomic E-state index is 0.148. The first kappa shape index (κ1) is 17.4. The molecule has 0 saturated heterocycles. The Kier molecular flexibility index (Phi) is 6.16. The van der Waals surface area contributed by atoms with Crippen molar-refractivity contribution in [2.45, 2.75) is 26.7 Å². The van der Waals surface area contributed by atoms with Gasteiger partial charge in [-0.2, -0.15) is 0 Å². The number of hydrogen-bond acceptors (Lipinski definition) is 7. The second-order valence-electron chi connectivity index (χ2n) is 4.86. The largest absolute Gasteiger partial charge is 0.466 e. The van der Waals surface area contributed by atoms with Crippen LogP contribution < -0.4 is 11.0 Å². The normalized spacial score (nSPS) is 24.9. The van der Waals surface area contributed by atoms with E-state index in [4.69, 9.17) is 15.2 Å². The van der Waals surface area contributed by atoms with E-state index in [0.717, 1.165) is 0 Å². The smallest absolute Gasteiger partial charge is 0.374 e. The molecule has 0 unspecified atom stereocenters. The Morgan fingerprint density at radius 3 is 2.24 bits per heavy atom. The molecule has 4 N–H and O–H groups in total. The lowest BCUT2D eigenvalue weighted by Gasteiger charge is -2.18. The standard InChI is InChI=1S/C12H21BN2O6/c1-4-20-11(17)8-6(7(8)10(14)16)9(15-13(3)19)12(18)21-5-2/h6-9,15,19H,4-5H2,1-3H3,(H2,14,16)/t6-,7+,8+,9-/m0/s1. The van der Waals surface area contributed by atoms with Crippen molar-refractivity contribution in [3.8, 4) is 0 Å². The molecular formula is C12H21BN2O6. The highest BCUT2D eigenvalue weighted by atomic mass is 16.5. The highest BCUT2D eigenvalue weighted by molar-refractivity contribution is 6.46. The molecule has 0 aliphatic heterocycles. The number of amides is 1. The van der Waals surface area contributed by atoms with Crippen LogP contribution in [0.4, 0.5) is 0 Å². The van der Waals surface area contributed by atoms with Crippen molar-refractivity contribution < 1.29 is 28.9 Å². The average molecular weight is 300 g/mol. The molecule has 8 nitrogen and oxygen atoms in total. The molecule has 0 aromatic rings. The molecule has 0 radical (unpaired) electrons. The maximum atomic E-state index is 12.0. The first-order valence-electron chi connectivity index (χ1n) is 6.91. The number of primary amides is 1. The lowest BCUT2D eigenvalue weighted by molar-refractivity contribution is -0.147. The molecule has 9 heteroatoms. The molecule has 0 heterocycles. The maximum Gasteiger partial charge on any atom is 0.374 e. The average Bonchev–Trinajstić information content (AvgIpc) is 3.11. The van der Waals surface area contributed by atoms with Gasteiger partial charge in [0.15, 0.2) is 0 Å². The Morgan fingerprint density at radius 1 is 1.24 bits per heavy atom. The van der Waals surface area contributed by atoms with E-state index in [9.17, 15) is 19.4 Å². The van der Waals surface area contributed by atoms with Crippen LogP contribution in [0.25, 0.3) is 0 Å². The highest BCUT2D eigenvalue weighted by Gasteiger charge is 2.64. The van der Waals surface area contributed by atoms with E-state index in [0.29, 0.717) is 0 Å². The summed E-state index contributed by atoms with van der Waals surface area (Å²) in [5.74, 6) is -4.16. The SMILES string of the molecule is CCOC(=O)[C@H]1[C@H](C(N)=O)[C@@H]1[C@H](NB(C)O)C(=O)OCC. The molecule has 0 aromatic heterocycles. The first-order valence-corrected chi connectivity index (χ1v) is 6.91. The second-order valence-corrected chi connectivity index (χ2v) is 4.86. The van der Waals surface area contributed by atoms with Gasteiger partial charge in [0.05, 0.1) is 25.0 Å². The number of hydrogen-bond donors (Lipinski definition) is 3. The van der Waals surface area contributed by atoms with Gasteiger partial charge in [-0.05, 0) is 20.7 Å². The van der Waals surface area contributed by atoms with Gasteiger partial charge in [-0.3, -0.25) is 14.4 Å². The van der Waals surface area contributed by atoms with E-state index >= 15 is 0 Å². The Hall–Kier alpha value is -1.61. The van der Waals surface area contributed by atoms with E-state index < -0.39 is 48.7 Å². The molecule has 0 spiro atoms. The van der Waals surface area contributed by atoms with E-state index in [1.54, 1.807) is 13.8 Å². The monoisotopic (exact) mass is 300 g/mol. The van der Waals surface area contributed by atoms with Crippen LogP contribution in [-0.2, 0) is 23.9 Å². The van der Waals surface area contributed by atoms with Crippen LogP contribution in [0.3, 0.4) is 0 Å². The molecule has 21 heavy (non-hydrogen) atoms. The summed E-state index contributed by atoms with van der Waals surface area (Å²) in [6.45, 7) is 5.02. The molecule has 4 atom stereocenters. The van der Waals surface area contributed by atoms with Crippen LogP contribution >= 0.6 is 0 Å². The Labute approximate surface area is 123 Å². The van der Waals surface area contributed by atoms with Gasteiger partial charge in [0.2, 0.25) is 5.91 Å². The fraction of sp³-hybridized carbons (Fsp3) is 0.750. The predicted molar refractivity (Wildman–Crippen MR) is 73.7 cm³/mol. The minimum atomic E-state index is -1.00. The van der Waals surface area contributed by atoms with Crippen LogP contribution in [-0.4, -0.2) is 49.2 Å². The summed E-state index contributed by atoms with van der Waals surface area (Å²) >= 11 is 0. The lowest BCUT2D eigenvalue weighted by atomic mass is 9.86. The summed E-state index contributed by atoms with van der Waals surface area (Å²) in [6, 6.07) is -0.989. The zero-order valence-electron chi connectivity index (χ0n) is 12.4. The van der Waals surface area contributed by atoms with Crippen LogP contribution in [0.5, 0.6) is 0 Å². The summed E-state index contributed by atoms with van der Waals surface area (Å²) in [7, 11) is -1.00. The molecule has 1 rings (SSSR count). The third kappa shape index (κ3) is 4.18. The summed E-state index contributed by atoms with van der Waals surface area (Å²) in [4.78, 5) is 35.2. The number of ether oxygens (including phenoxy) is 2. The topological polar surface area (TPSA) is 128 Å². The number of nitrogens with one attached hydrogen (secondary N) is 1. The fourth-order valence-corrected chi connectivity index (χ4v) is 2.49. The number of carbonyl (C=O) groups excluding carboxylic acids is 3. The highest BCUT2D eigenvalue weighted by Crippen LogP contribution is 2.49. The Bertz CT molecular complexity index is 417. The molecule has 1 saturated carbocycles. The molecule has 0 aromatic carbocycles. The van der Waals surface area contributed by atoms with Crippen molar-refractivity contribution >= 4 is 24.9 Å². The quantitative estimate of drug-likeness (QED) is 0.369. The molecular weight excluding hydrogens is 279 g/mol. The number of carbonyl (C=O) groups is 3. The van der Waals surface area contributed by atoms with Gasteiger partial charge in [-0.25, -0.2) is 0 Å². The van der Waals surface area contributed by atoms with E-state index in [2.05, 4.69) is 5.23 Å². The summed E-state index contributed by atoms with van der Waals surface area (Å²) < 4.78 is 9.79. The second kappa shape index (κ2) is 7.42. The van der Waals surface area contributed by atoms with Crippen LogP contribution in [0, 0.1) is 17.8 Å². The molecule has 1 amide bonds. The van der Waals surface area contributed by atoms with Crippen molar-refractivity contribution in [1.82, 2.24) is 5.23 Å². The predicted octanol–water partition coefficient (Wildman–Crippen LogP) is -1.47. The molecule has 118 valence electrons. The third-order valence-corrected chi connectivity index (χ3v) is 3.31. The van der Waals surface area contributed by atoms with Crippen molar-refractivity contribution in [2.75, 3.05) is 13.2 Å². The van der Waals surface area contributed by atoms with Crippen LogP contribution in [0.2, 0.25) is 6.82 Å². The molecule has 1 fully saturated rings. The number of nitrogens with two attached hydrogens (primary N) is 1. The van der Waals surface area contributed by atoms with Crippen LogP contribution in [0.1, 0.15) is 13.8 Å². The van der Waals surface area contributed by atoms with E-state index in [1.807, 2.05) is 0 Å². The number of esters is 2. The van der Waals surface area contributed by atoms with Gasteiger partial charge in [-0.1, -0.05) is 0 Å². The van der Waals surface area contributed by atoms with Gasteiger partial charge < -0.3 is 25.5 Å². The molecule has 0 bridgehead atoms. The zero-order valence-corrected chi connectivity index (χ0v) is 12.4. The zero-order chi connectivity index (χ0) is 16.2. The van der Waals surface area contributed by atoms with Gasteiger partial charge in [0.25, 0.3) is 0 Å². The van der Waals surface area contributed by atoms with Crippen molar-refractivity contribution in [3.63, 3.8) is 0 Å². The Balaban J connectivity index is 2.91. The number of rotatable bonds is 8. The third-order valence-electron chi connectivity index (χ3n) is 3.31. The lowest BCUT2D eigenvalue weighted by Crippen LogP contribution is -2.48. The minimum Gasteiger partial charge on any atom is -0.466 e. The van der Waals surface area contributed by atoms with Gasteiger partial charge in [0.1, 0.15) is 6.04 Å². The van der Waals surface area contributed by atoms with Gasteiger partial charge >= 0.3 is 19.0 Å². The van der Waals surface area contributed by atoms with Crippen molar-refractivity contribution in [1.29, 1.82) is 0 Å². The van der Waals surface area contributed by atoms with Crippen molar-refractivity contribution in [2.24, 2.45) is 23.5 Å². The van der Waals surface area contributed by atoms with E-state index in [1.165, 1.54) is 6.82 Å². The van der Waals surface area contributed by atoms with E-state index in [-0.39, 0.29) is 13.2 Å². The molecule has 1 aliphatic rings.